The summed E-state index contributed by atoms with van der Waals surface area (Å²) in [7, 11) is 0. The van der Waals surface area contributed by atoms with E-state index < -0.39 is 17.7 Å². The van der Waals surface area contributed by atoms with E-state index in [4.69, 9.17) is 15.7 Å². The number of nitrogens with zero attached hydrogens (tertiary/aromatic N) is 1. The molecule has 0 bridgehead atoms. The lowest BCUT2D eigenvalue weighted by atomic mass is 10.0. The number of benzene rings is 1. The number of hydrogen-bond acceptors (Lipinski definition) is 4. The minimum atomic E-state index is -0.543. The second-order valence-corrected chi connectivity index (χ2v) is 5.19. The Morgan fingerprint density at radius 3 is 2.68 bits per heavy atom. The molecule has 1 unspecified atom stereocenters. The number of amides is 1. The highest BCUT2D eigenvalue weighted by Gasteiger charge is 2.17. The Hall–Kier alpha value is -2.06. The summed E-state index contributed by atoms with van der Waals surface area (Å²) < 4.78 is 5.11. The molecule has 0 saturated carbocycles. The fourth-order valence-electron chi connectivity index (χ4n) is 1.54. The number of alkyl carbamates (subject to hydrolysis) is 1. The molecule has 0 saturated heterocycles. The van der Waals surface area contributed by atoms with Crippen LogP contribution in [0.2, 0.25) is 0 Å². The molecule has 1 rings (SSSR count). The fourth-order valence-corrected chi connectivity index (χ4v) is 1.54. The predicted octanol–water partition coefficient (Wildman–Crippen LogP) is 2.08. The second-order valence-electron chi connectivity index (χ2n) is 5.19. The molecule has 5 heteroatoms. The van der Waals surface area contributed by atoms with Crippen molar-refractivity contribution in [3.63, 3.8) is 0 Å². The Morgan fingerprint density at radius 1 is 1.47 bits per heavy atom. The summed E-state index contributed by atoms with van der Waals surface area (Å²) in [6, 6.07) is 8.69. The van der Waals surface area contributed by atoms with Gasteiger partial charge in [0.25, 0.3) is 0 Å². The van der Waals surface area contributed by atoms with E-state index >= 15 is 0 Å². The van der Waals surface area contributed by atoms with Crippen molar-refractivity contribution in [3.05, 3.63) is 35.4 Å². The van der Waals surface area contributed by atoms with Crippen LogP contribution in [0.15, 0.2) is 24.3 Å². The lowest BCUT2D eigenvalue weighted by Gasteiger charge is -2.21. The predicted molar refractivity (Wildman–Crippen MR) is 72.3 cm³/mol. The van der Waals surface area contributed by atoms with E-state index in [0.29, 0.717) is 11.1 Å². The average molecular weight is 261 g/mol. The summed E-state index contributed by atoms with van der Waals surface area (Å²) in [5.41, 5.74) is 6.64. The first-order valence-electron chi connectivity index (χ1n) is 6.05. The molecule has 0 radical (unpaired) electrons. The molecule has 102 valence electrons. The zero-order valence-electron chi connectivity index (χ0n) is 11.4. The van der Waals surface area contributed by atoms with Crippen LogP contribution in [0.25, 0.3) is 0 Å². The molecule has 0 spiro atoms. The van der Waals surface area contributed by atoms with Crippen molar-refractivity contribution in [1.82, 2.24) is 5.32 Å². The molecule has 0 aliphatic rings. The number of hydrogen-bond donors (Lipinski definition) is 2. The van der Waals surface area contributed by atoms with E-state index in [-0.39, 0.29) is 6.54 Å². The van der Waals surface area contributed by atoms with E-state index in [1.165, 1.54) is 0 Å². The molecular weight excluding hydrogens is 242 g/mol. The second kappa shape index (κ2) is 6.21. The molecule has 1 aromatic carbocycles. The van der Waals surface area contributed by atoms with Crippen LogP contribution >= 0.6 is 0 Å². The number of ether oxygens (including phenoxy) is 1. The number of rotatable bonds is 3. The summed E-state index contributed by atoms with van der Waals surface area (Å²) in [4.78, 5) is 11.5. The summed E-state index contributed by atoms with van der Waals surface area (Å²) in [5, 5.41) is 11.6. The van der Waals surface area contributed by atoms with Gasteiger partial charge in [-0.25, -0.2) is 4.79 Å². The molecule has 0 heterocycles. The maximum absolute atomic E-state index is 11.5. The summed E-state index contributed by atoms with van der Waals surface area (Å²) in [6.45, 7) is 5.58. The normalized spacial score (nSPS) is 12.4. The van der Waals surface area contributed by atoms with Crippen LogP contribution < -0.4 is 11.1 Å². The molecule has 5 nitrogen and oxygen atoms in total. The molecule has 0 fully saturated rings. The lowest BCUT2D eigenvalue weighted by molar-refractivity contribution is 0.0524. The molecule has 0 aliphatic heterocycles. The lowest BCUT2D eigenvalue weighted by Crippen LogP contribution is -2.36. The van der Waals surface area contributed by atoms with Gasteiger partial charge in [0.2, 0.25) is 0 Å². The van der Waals surface area contributed by atoms with Crippen molar-refractivity contribution in [2.45, 2.75) is 32.4 Å². The summed E-state index contributed by atoms with van der Waals surface area (Å²) in [5.74, 6) is 0. The standard InChI is InChI=1S/C14H19N3O2/c1-14(2,3)19-13(18)17-9-12(16)11-7-5-4-6-10(11)8-15/h4-7,12H,9,16H2,1-3H3,(H,17,18). The smallest absolute Gasteiger partial charge is 0.407 e. The van der Waals surface area contributed by atoms with Gasteiger partial charge in [0.05, 0.1) is 11.6 Å². The van der Waals surface area contributed by atoms with Gasteiger partial charge < -0.3 is 15.8 Å². The monoisotopic (exact) mass is 261 g/mol. The summed E-state index contributed by atoms with van der Waals surface area (Å²) >= 11 is 0. The van der Waals surface area contributed by atoms with Gasteiger partial charge in [0.1, 0.15) is 5.60 Å². The maximum Gasteiger partial charge on any atom is 0.407 e. The van der Waals surface area contributed by atoms with E-state index in [1.807, 2.05) is 6.07 Å². The molecule has 3 N–H and O–H groups in total. The van der Waals surface area contributed by atoms with E-state index in [2.05, 4.69) is 11.4 Å². The number of carbonyl (C=O) groups is 1. The Morgan fingerprint density at radius 2 is 2.11 bits per heavy atom. The topological polar surface area (TPSA) is 88.1 Å². The highest BCUT2D eigenvalue weighted by molar-refractivity contribution is 5.67. The van der Waals surface area contributed by atoms with Gasteiger partial charge in [-0.15, -0.1) is 0 Å². The third-order valence-electron chi connectivity index (χ3n) is 2.35. The molecular formula is C14H19N3O2. The van der Waals surface area contributed by atoms with E-state index in [1.54, 1.807) is 39.0 Å². The Bertz CT molecular complexity index is 486. The van der Waals surface area contributed by atoms with Crippen molar-refractivity contribution in [2.75, 3.05) is 6.54 Å². The van der Waals surface area contributed by atoms with Gasteiger partial charge in [-0.2, -0.15) is 5.26 Å². The Balaban J connectivity index is 2.59. The van der Waals surface area contributed by atoms with E-state index in [9.17, 15) is 4.79 Å². The van der Waals surface area contributed by atoms with Gasteiger partial charge in [0, 0.05) is 12.6 Å². The number of nitrogens with two attached hydrogens (primary N) is 1. The van der Waals surface area contributed by atoms with Gasteiger partial charge in [-0.1, -0.05) is 18.2 Å². The largest absolute Gasteiger partial charge is 0.444 e. The van der Waals surface area contributed by atoms with Crippen molar-refractivity contribution < 1.29 is 9.53 Å². The van der Waals surface area contributed by atoms with Crippen molar-refractivity contribution in [2.24, 2.45) is 5.73 Å². The molecule has 1 atom stereocenters. The van der Waals surface area contributed by atoms with Crippen molar-refractivity contribution >= 4 is 6.09 Å². The molecule has 19 heavy (non-hydrogen) atoms. The van der Waals surface area contributed by atoms with Crippen LogP contribution in [0.1, 0.15) is 37.9 Å². The quantitative estimate of drug-likeness (QED) is 0.872. The third-order valence-corrected chi connectivity index (χ3v) is 2.35. The van der Waals surface area contributed by atoms with Crippen LogP contribution in [0.4, 0.5) is 4.79 Å². The van der Waals surface area contributed by atoms with Crippen molar-refractivity contribution in [3.8, 4) is 6.07 Å². The SMILES string of the molecule is CC(C)(C)OC(=O)NCC(N)c1ccccc1C#N. The zero-order chi connectivity index (χ0) is 14.5. The Kier molecular flexibility index (Phi) is 4.90. The molecule has 0 aromatic heterocycles. The first-order chi connectivity index (χ1) is 8.83. The molecule has 1 aromatic rings. The highest BCUT2D eigenvalue weighted by atomic mass is 16.6. The zero-order valence-corrected chi connectivity index (χ0v) is 11.4. The van der Waals surface area contributed by atoms with Gasteiger partial charge in [-0.05, 0) is 32.4 Å². The van der Waals surface area contributed by atoms with Gasteiger partial charge >= 0.3 is 6.09 Å². The van der Waals surface area contributed by atoms with Crippen LogP contribution in [0.3, 0.4) is 0 Å². The van der Waals surface area contributed by atoms with Crippen molar-refractivity contribution in [1.29, 1.82) is 5.26 Å². The number of carbonyl (C=O) groups excluding carboxylic acids is 1. The van der Waals surface area contributed by atoms with Crippen LogP contribution in [0, 0.1) is 11.3 Å². The number of nitrogens with one attached hydrogen (secondary N) is 1. The average Bonchev–Trinajstić information content (AvgIpc) is 2.33. The van der Waals surface area contributed by atoms with Crippen LogP contribution in [-0.2, 0) is 4.74 Å². The first kappa shape index (κ1) is 15.0. The molecule has 0 aliphatic carbocycles. The highest BCUT2D eigenvalue weighted by Crippen LogP contribution is 2.14. The van der Waals surface area contributed by atoms with Gasteiger partial charge in [0.15, 0.2) is 0 Å². The van der Waals surface area contributed by atoms with Crippen LogP contribution in [-0.4, -0.2) is 18.2 Å². The number of nitriles is 1. The van der Waals surface area contributed by atoms with Gasteiger partial charge in [-0.3, -0.25) is 0 Å². The fraction of sp³-hybridized carbons (Fsp3) is 0.429. The minimum absolute atomic E-state index is 0.216. The molecule has 1 amide bonds. The summed E-state index contributed by atoms with van der Waals surface area (Å²) in [6.07, 6.45) is -0.516. The first-order valence-corrected chi connectivity index (χ1v) is 6.05. The van der Waals surface area contributed by atoms with Crippen LogP contribution in [0.5, 0.6) is 0 Å². The third kappa shape index (κ3) is 4.98. The van der Waals surface area contributed by atoms with E-state index in [0.717, 1.165) is 0 Å². The minimum Gasteiger partial charge on any atom is -0.444 e. The Labute approximate surface area is 113 Å². The maximum atomic E-state index is 11.5.